The summed E-state index contributed by atoms with van der Waals surface area (Å²) in [5.41, 5.74) is 2.67. The van der Waals surface area contributed by atoms with Crippen molar-refractivity contribution in [2.24, 2.45) is 0 Å². The Hall–Kier alpha value is -1.60. The minimum atomic E-state index is 0.218. The second-order valence-electron chi connectivity index (χ2n) is 4.51. The highest BCUT2D eigenvalue weighted by Gasteiger charge is 2.09. The molecule has 1 nitrogen and oxygen atoms in total. The van der Waals surface area contributed by atoms with Crippen LogP contribution < -0.4 is 0 Å². The average molecular weight is 240 g/mol. The summed E-state index contributed by atoms with van der Waals surface area (Å²) in [7, 11) is 1.79. The summed E-state index contributed by atoms with van der Waals surface area (Å²) >= 11 is 0. The number of benzene rings is 2. The smallest absolute Gasteiger partial charge is 0.0821 e. The predicted octanol–water partition coefficient (Wildman–Crippen LogP) is 4.40. The van der Waals surface area contributed by atoms with Gasteiger partial charge in [0.05, 0.1) is 6.10 Å². The van der Waals surface area contributed by atoms with E-state index in [9.17, 15) is 0 Å². The van der Waals surface area contributed by atoms with Gasteiger partial charge in [0.2, 0.25) is 0 Å². The molecule has 0 aliphatic rings. The maximum atomic E-state index is 5.57. The largest absolute Gasteiger partial charge is 0.377 e. The molecule has 0 heterocycles. The summed E-state index contributed by atoms with van der Waals surface area (Å²) < 4.78 is 5.57. The van der Waals surface area contributed by atoms with E-state index < -0.39 is 0 Å². The zero-order valence-electron chi connectivity index (χ0n) is 10.9. The molecule has 0 radical (unpaired) electrons. The summed E-state index contributed by atoms with van der Waals surface area (Å²) in [5, 5.41) is 0. The van der Waals surface area contributed by atoms with Crippen molar-refractivity contribution in [3.05, 3.63) is 71.8 Å². The third-order valence-corrected chi connectivity index (χ3v) is 3.23. The Balaban J connectivity index is 1.85. The van der Waals surface area contributed by atoms with E-state index in [0.717, 1.165) is 19.3 Å². The van der Waals surface area contributed by atoms with Crippen molar-refractivity contribution in [2.45, 2.75) is 25.4 Å². The van der Waals surface area contributed by atoms with Crippen molar-refractivity contribution in [3.8, 4) is 0 Å². The lowest BCUT2D eigenvalue weighted by Gasteiger charge is -2.15. The lowest BCUT2D eigenvalue weighted by atomic mass is 10.0. The minimum absolute atomic E-state index is 0.218. The molecule has 0 spiro atoms. The molecule has 18 heavy (non-hydrogen) atoms. The molecule has 1 unspecified atom stereocenters. The van der Waals surface area contributed by atoms with Crippen molar-refractivity contribution in [2.75, 3.05) is 7.11 Å². The molecule has 0 fully saturated rings. The van der Waals surface area contributed by atoms with Gasteiger partial charge in [0.1, 0.15) is 0 Å². The zero-order valence-corrected chi connectivity index (χ0v) is 10.9. The average Bonchev–Trinajstić information content (AvgIpc) is 2.46. The molecule has 0 aliphatic heterocycles. The Morgan fingerprint density at radius 1 is 0.889 bits per heavy atom. The van der Waals surface area contributed by atoms with Crippen LogP contribution in [0.1, 0.15) is 30.1 Å². The van der Waals surface area contributed by atoms with Crippen molar-refractivity contribution >= 4 is 0 Å². The van der Waals surface area contributed by atoms with E-state index in [2.05, 4.69) is 54.6 Å². The molecule has 2 aromatic carbocycles. The van der Waals surface area contributed by atoms with Gasteiger partial charge in [0, 0.05) is 7.11 Å². The number of hydrogen-bond donors (Lipinski definition) is 0. The van der Waals surface area contributed by atoms with E-state index >= 15 is 0 Å². The fourth-order valence-electron chi connectivity index (χ4n) is 2.22. The predicted molar refractivity (Wildman–Crippen MR) is 75.6 cm³/mol. The van der Waals surface area contributed by atoms with Crippen LogP contribution in [-0.2, 0) is 11.2 Å². The number of methoxy groups -OCH3 is 1. The molecule has 94 valence electrons. The zero-order chi connectivity index (χ0) is 12.6. The molecular formula is C17H20O. The first kappa shape index (κ1) is 12.8. The first-order chi connectivity index (χ1) is 8.90. The Morgan fingerprint density at radius 2 is 1.50 bits per heavy atom. The van der Waals surface area contributed by atoms with Crippen LogP contribution in [0.2, 0.25) is 0 Å². The molecule has 1 atom stereocenters. The monoisotopic (exact) mass is 240 g/mol. The van der Waals surface area contributed by atoms with Gasteiger partial charge < -0.3 is 4.74 Å². The Labute approximate surface area is 109 Å². The van der Waals surface area contributed by atoms with Gasteiger partial charge >= 0.3 is 0 Å². The van der Waals surface area contributed by atoms with Crippen molar-refractivity contribution in [1.29, 1.82) is 0 Å². The minimum Gasteiger partial charge on any atom is -0.377 e. The SMILES string of the molecule is COC(CCCc1ccccc1)c1ccccc1. The molecule has 0 bridgehead atoms. The van der Waals surface area contributed by atoms with Gasteiger partial charge in [-0.25, -0.2) is 0 Å². The van der Waals surface area contributed by atoms with Crippen LogP contribution in [0.4, 0.5) is 0 Å². The van der Waals surface area contributed by atoms with Crippen LogP contribution in [0.3, 0.4) is 0 Å². The molecule has 0 aromatic heterocycles. The molecule has 0 saturated heterocycles. The summed E-state index contributed by atoms with van der Waals surface area (Å²) in [6.45, 7) is 0. The fraction of sp³-hybridized carbons (Fsp3) is 0.294. The van der Waals surface area contributed by atoms with Crippen molar-refractivity contribution in [3.63, 3.8) is 0 Å². The second kappa shape index (κ2) is 6.97. The number of ether oxygens (including phenoxy) is 1. The molecule has 1 heteroatoms. The van der Waals surface area contributed by atoms with Gasteiger partial charge in [-0.2, -0.15) is 0 Å². The highest BCUT2D eigenvalue weighted by Crippen LogP contribution is 2.22. The summed E-state index contributed by atoms with van der Waals surface area (Å²) in [5.74, 6) is 0. The Bertz CT molecular complexity index is 436. The number of hydrogen-bond acceptors (Lipinski definition) is 1. The van der Waals surface area contributed by atoms with Crippen molar-refractivity contribution < 1.29 is 4.74 Å². The van der Waals surface area contributed by atoms with Gasteiger partial charge in [-0.3, -0.25) is 0 Å². The second-order valence-corrected chi connectivity index (χ2v) is 4.51. The van der Waals surface area contributed by atoms with E-state index in [4.69, 9.17) is 4.74 Å². The van der Waals surface area contributed by atoms with E-state index in [-0.39, 0.29) is 6.10 Å². The highest BCUT2D eigenvalue weighted by atomic mass is 16.5. The Kier molecular flexibility index (Phi) is 4.98. The van der Waals surface area contributed by atoms with Crippen LogP contribution in [0.5, 0.6) is 0 Å². The Morgan fingerprint density at radius 3 is 2.11 bits per heavy atom. The van der Waals surface area contributed by atoms with E-state index in [1.807, 2.05) is 6.07 Å². The molecular weight excluding hydrogens is 220 g/mol. The lowest BCUT2D eigenvalue weighted by Crippen LogP contribution is -2.02. The molecule has 2 rings (SSSR count). The number of aryl methyl sites for hydroxylation is 1. The first-order valence-electron chi connectivity index (χ1n) is 6.52. The summed E-state index contributed by atoms with van der Waals surface area (Å²) in [4.78, 5) is 0. The molecule has 2 aromatic rings. The van der Waals surface area contributed by atoms with E-state index in [1.165, 1.54) is 11.1 Å². The summed E-state index contributed by atoms with van der Waals surface area (Å²) in [6.07, 6.45) is 3.55. The van der Waals surface area contributed by atoms with Crippen LogP contribution in [-0.4, -0.2) is 7.11 Å². The molecule has 0 N–H and O–H groups in total. The van der Waals surface area contributed by atoms with Crippen LogP contribution in [0.25, 0.3) is 0 Å². The van der Waals surface area contributed by atoms with E-state index in [1.54, 1.807) is 7.11 Å². The maximum absolute atomic E-state index is 5.57. The molecule has 0 aliphatic carbocycles. The molecule has 0 amide bonds. The van der Waals surface area contributed by atoms with Gasteiger partial charge in [-0.15, -0.1) is 0 Å². The van der Waals surface area contributed by atoms with Crippen LogP contribution >= 0.6 is 0 Å². The van der Waals surface area contributed by atoms with Gasteiger partial charge in [-0.05, 0) is 30.4 Å². The number of rotatable bonds is 6. The lowest BCUT2D eigenvalue weighted by molar-refractivity contribution is 0.0939. The quantitative estimate of drug-likeness (QED) is 0.727. The first-order valence-corrected chi connectivity index (χ1v) is 6.52. The topological polar surface area (TPSA) is 9.23 Å². The third kappa shape index (κ3) is 3.71. The van der Waals surface area contributed by atoms with Gasteiger partial charge in [-0.1, -0.05) is 60.7 Å². The molecule has 0 saturated carbocycles. The maximum Gasteiger partial charge on any atom is 0.0821 e. The van der Waals surface area contributed by atoms with Gasteiger partial charge in [0.25, 0.3) is 0 Å². The van der Waals surface area contributed by atoms with Crippen LogP contribution in [0, 0.1) is 0 Å². The highest BCUT2D eigenvalue weighted by molar-refractivity contribution is 5.18. The fourth-order valence-corrected chi connectivity index (χ4v) is 2.22. The van der Waals surface area contributed by atoms with Crippen LogP contribution in [0.15, 0.2) is 60.7 Å². The summed E-state index contributed by atoms with van der Waals surface area (Å²) in [6, 6.07) is 21.1. The normalized spacial score (nSPS) is 12.3. The third-order valence-electron chi connectivity index (χ3n) is 3.23. The van der Waals surface area contributed by atoms with Crippen molar-refractivity contribution in [1.82, 2.24) is 0 Å². The standard InChI is InChI=1S/C17H20O/c1-18-17(16-12-6-3-7-13-16)14-8-11-15-9-4-2-5-10-15/h2-7,9-10,12-13,17H,8,11,14H2,1H3. The van der Waals surface area contributed by atoms with Gasteiger partial charge in [0.15, 0.2) is 0 Å². The van der Waals surface area contributed by atoms with E-state index in [0.29, 0.717) is 0 Å².